The standard InChI is InChI=1S/C18H24N2O3/c1-12-7-6-8-13(11-12)20-17(23-5)14(9-10-15(21)22)16(19-20)18(2,3)4/h6-8,11H,9-10H2,1-5H3,(H,21,22). The smallest absolute Gasteiger partial charge is 0.303 e. The lowest BCUT2D eigenvalue weighted by Crippen LogP contribution is -2.15. The minimum Gasteiger partial charge on any atom is -0.481 e. The van der Waals surface area contributed by atoms with Gasteiger partial charge in [0.05, 0.1) is 18.5 Å². The lowest BCUT2D eigenvalue weighted by molar-refractivity contribution is -0.136. The molecule has 1 heterocycles. The SMILES string of the molecule is COc1c(CCC(=O)O)c(C(C)(C)C)nn1-c1cccc(C)c1. The predicted octanol–water partition coefficient (Wildman–Crippen LogP) is 3.50. The number of hydrogen-bond donors (Lipinski definition) is 1. The number of nitrogens with zero attached hydrogens (tertiary/aromatic N) is 2. The van der Waals surface area contributed by atoms with Crippen molar-refractivity contribution >= 4 is 5.97 Å². The summed E-state index contributed by atoms with van der Waals surface area (Å²) in [6.07, 6.45) is 0.454. The van der Waals surface area contributed by atoms with E-state index in [9.17, 15) is 4.79 Å². The number of aliphatic carboxylic acids is 1. The van der Waals surface area contributed by atoms with Crippen LogP contribution in [0.1, 0.15) is 44.0 Å². The van der Waals surface area contributed by atoms with E-state index in [1.54, 1.807) is 11.8 Å². The normalized spacial score (nSPS) is 11.5. The molecular weight excluding hydrogens is 292 g/mol. The second-order valence-corrected chi connectivity index (χ2v) is 6.73. The van der Waals surface area contributed by atoms with Crippen LogP contribution < -0.4 is 4.74 Å². The van der Waals surface area contributed by atoms with Gasteiger partial charge in [-0.25, -0.2) is 4.68 Å². The Bertz CT molecular complexity index is 712. The fourth-order valence-electron chi connectivity index (χ4n) is 2.64. The van der Waals surface area contributed by atoms with E-state index in [2.05, 4.69) is 20.8 Å². The first-order valence-electron chi connectivity index (χ1n) is 7.69. The summed E-state index contributed by atoms with van der Waals surface area (Å²) < 4.78 is 7.36. The zero-order valence-electron chi connectivity index (χ0n) is 14.4. The summed E-state index contributed by atoms with van der Waals surface area (Å²) in [5.41, 5.74) is 3.58. The largest absolute Gasteiger partial charge is 0.481 e. The third-order valence-corrected chi connectivity index (χ3v) is 3.68. The summed E-state index contributed by atoms with van der Waals surface area (Å²) in [7, 11) is 1.60. The van der Waals surface area contributed by atoms with Gasteiger partial charge < -0.3 is 9.84 Å². The van der Waals surface area contributed by atoms with Crippen LogP contribution in [-0.4, -0.2) is 28.0 Å². The minimum atomic E-state index is -0.824. The molecule has 0 radical (unpaired) electrons. The molecule has 1 aromatic carbocycles. The molecule has 0 saturated carbocycles. The zero-order chi connectivity index (χ0) is 17.2. The second kappa shape index (κ2) is 6.44. The Kier molecular flexibility index (Phi) is 4.78. The van der Waals surface area contributed by atoms with Crippen LogP contribution in [0.5, 0.6) is 5.88 Å². The maximum Gasteiger partial charge on any atom is 0.303 e. The first-order valence-corrected chi connectivity index (χ1v) is 7.69. The molecule has 0 aliphatic heterocycles. The van der Waals surface area contributed by atoms with Gasteiger partial charge in [-0.15, -0.1) is 0 Å². The first-order chi connectivity index (χ1) is 10.7. The minimum absolute atomic E-state index is 0.0545. The van der Waals surface area contributed by atoms with Gasteiger partial charge in [0.25, 0.3) is 0 Å². The molecule has 0 aliphatic carbocycles. The summed E-state index contributed by atoms with van der Waals surface area (Å²) >= 11 is 0. The molecule has 5 heteroatoms. The number of methoxy groups -OCH3 is 1. The highest BCUT2D eigenvalue weighted by Crippen LogP contribution is 2.34. The maximum atomic E-state index is 11.0. The Morgan fingerprint density at radius 3 is 2.57 bits per heavy atom. The summed E-state index contributed by atoms with van der Waals surface area (Å²) in [5.74, 6) is -0.211. The lowest BCUT2D eigenvalue weighted by atomic mass is 9.88. The van der Waals surface area contributed by atoms with Crippen LogP contribution in [-0.2, 0) is 16.6 Å². The predicted molar refractivity (Wildman–Crippen MR) is 89.5 cm³/mol. The number of carboxylic acid groups (broad SMARTS) is 1. The van der Waals surface area contributed by atoms with Gasteiger partial charge in [-0.1, -0.05) is 32.9 Å². The highest BCUT2D eigenvalue weighted by Gasteiger charge is 2.28. The molecule has 0 spiro atoms. The first kappa shape index (κ1) is 17.1. The van der Waals surface area contributed by atoms with Gasteiger partial charge in [-0.2, -0.15) is 5.10 Å². The molecule has 1 N–H and O–H groups in total. The summed E-state index contributed by atoms with van der Waals surface area (Å²) in [6, 6.07) is 7.99. The zero-order valence-corrected chi connectivity index (χ0v) is 14.4. The van der Waals surface area contributed by atoms with Crippen molar-refractivity contribution in [3.63, 3.8) is 0 Å². The second-order valence-electron chi connectivity index (χ2n) is 6.73. The number of ether oxygens (including phenoxy) is 1. The van der Waals surface area contributed by atoms with Crippen LogP contribution in [0.15, 0.2) is 24.3 Å². The quantitative estimate of drug-likeness (QED) is 0.917. The number of aromatic nitrogens is 2. The van der Waals surface area contributed by atoms with Crippen LogP contribution in [0.2, 0.25) is 0 Å². The average molecular weight is 316 g/mol. The van der Waals surface area contributed by atoms with Crippen molar-refractivity contribution in [2.75, 3.05) is 7.11 Å². The number of hydrogen-bond acceptors (Lipinski definition) is 3. The highest BCUT2D eigenvalue weighted by molar-refractivity contribution is 5.67. The molecule has 5 nitrogen and oxygen atoms in total. The van der Waals surface area contributed by atoms with Crippen LogP contribution in [0.25, 0.3) is 5.69 Å². The maximum absolute atomic E-state index is 11.0. The van der Waals surface area contributed by atoms with E-state index < -0.39 is 5.97 Å². The third-order valence-electron chi connectivity index (χ3n) is 3.68. The van der Waals surface area contributed by atoms with Gasteiger partial charge in [0.15, 0.2) is 0 Å². The molecule has 1 aromatic heterocycles. The number of aryl methyl sites for hydroxylation is 1. The van der Waals surface area contributed by atoms with E-state index in [0.29, 0.717) is 12.3 Å². The Morgan fingerprint density at radius 1 is 1.35 bits per heavy atom. The fourth-order valence-corrected chi connectivity index (χ4v) is 2.64. The van der Waals surface area contributed by atoms with Crippen LogP contribution in [0.4, 0.5) is 0 Å². The van der Waals surface area contributed by atoms with Crippen molar-refractivity contribution in [3.05, 3.63) is 41.1 Å². The molecular formula is C18H24N2O3. The van der Waals surface area contributed by atoms with E-state index in [0.717, 1.165) is 22.5 Å². The van der Waals surface area contributed by atoms with Crippen molar-refractivity contribution in [2.24, 2.45) is 0 Å². The molecule has 23 heavy (non-hydrogen) atoms. The molecule has 2 rings (SSSR count). The van der Waals surface area contributed by atoms with Gasteiger partial charge in [0.2, 0.25) is 5.88 Å². The van der Waals surface area contributed by atoms with Gasteiger partial charge in [-0.05, 0) is 31.0 Å². The van der Waals surface area contributed by atoms with Crippen LogP contribution in [0.3, 0.4) is 0 Å². The van der Waals surface area contributed by atoms with E-state index >= 15 is 0 Å². The third kappa shape index (κ3) is 3.73. The molecule has 0 aliphatic rings. The van der Waals surface area contributed by atoms with Crippen molar-refractivity contribution in [3.8, 4) is 11.6 Å². The van der Waals surface area contributed by atoms with E-state index in [1.807, 2.05) is 31.2 Å². The highest BCUT2D eigenvalue weighted by atomic mass is 16.5. The van der Waals surface area contributed by atoms with Crippen LogP contribution in [0, 0.1) is 6.92 Å². The van der Waals surface area contributed by atoms with Gasteiger partial charge in [0.1, 0.15) is 0 Å². The average Bonchev–Trinajstić information content (AvgIpc) is 2.83. The number of carbonyl (C=O) groups is 1. The molecule has 0 saturated heterocycles. The topological polar surface area (TPSA) is 64.3 Å². The molecule has 2 aromatic rings. The van der Waals surface area contributed by atoms with Crippen molar-refractivity contribution in [2.45, 2.75) is 46.0 Å². The Hall–Kier alpha value is -2.30. The van der Waals surface area contributed by atoms with Gasteiger partial charge in [0, 0.05) is 17.4 Å². The Labute approximate surface area is 136 Å². The number of benzene rings is 1. The van der Waals surface area contributed by atoms with Crippen molar-refractivity contribution < 1.29 is 14.6 Å². The fraction of sp³-hybridized carbons (Fsp3) is 0.444. The Morgan fingerprint density at radius 2 is 2.04 bits per heavy atom. The van der Waals surface area contributed by atoms with E-state index in [-0.39, 0.29) is 11.8 Å². The van der Waals surface area contributed by atoms with Crippen LogP contribution >= 0.6 is 0 Å². The Balaban J connectivity index is 2.61. The molecule has 0 amide bonds. The molecule has 124 valence electrons. The van der Waals surface area contributed by atoms with Gasteiger partial charge >= 0.3 is 5.97 Å². The van der Waals surface area contributed by atoms with E-state index in [4.69, 9.17) is 14.9 Å². The van der Waals surface area contributed by atoms with Crippen molar-refractivity contribution in [1.29, 1.82) is 0 Å². The molecule has 0 unspecified atom stereocenters. The summed E-state index contributed by atoms with van der Waals surface area (Å²) in [6.45, 7) is 8.23. The summed E-state index contributed by atoms with van der Waals surface area (Å²) in [5, 5.41) is 13.8. The van der Waals surface area contributed by atoms with E-state index in [1.165, 1.54) is 0 Å². The monoisotopic (exact) mass is 316 g/mol. The molecule has 0 fully saturated rings. The molecule has 0 bridgehead atoms. The molecule has 0 atom stereocenters. The van der Waals surface area contributed by atoms with Crippen molar-refractivity contribution in [1.82, 2.24) is 9.78 Å². The summed E-state index contributed by atoms with van der Waals surface area (Å²) in [4.78, 5) is 11.0. The lowest BCUT2D eigenvalue weighted by Gasteiger charge is -2.17. The van der Waals surface area contributed by atoms with Gasteiger partial charge in [-0.3, -0.25) is 4.79 Å². The number of rotatable bonds is 5. The number of carboxylic acids is 1.